The molecule has 0 N–H and O–H groups in total. The largest absolute Gasteiger partial charge is 0.325 e. The van der Waals surface area contributed by atoms with E-state index in [0.29, 0.717) is 30.6 Å². The molecule has 24 heavy (non-hydrogen) atoms. The molecule has 0 spiro atoms. The van der Waals surface area contributed by atoms with Gasteiger partial charge in [-0.25, -0.2) is 9.67 Å². The fraction of sp³-hybridized carbons (Fsp3) is 0.588. The van der Waals surface area contributed by atoms with Gasteiger partial charge in [0.25, 0.3) is 5.91 Å². The number of amides is 1. The minimum atomic E-state index is -0.0732. The fourth-order valence-electron chi connectivity index (χ4n) is 3.28. The Bertz CT molecular complexity index is 737. The van der Waals surface area contributed by atoms with Crippen LogP contribution in [0.4, 0.5) is 0 Å². The van der Waals surface area contributed by atoms with Crippen LogP contribution in [0.3, 0.4) is 0 Å². The molecule has 1 saturated carbocycles. The predicted octanol–water partition coefficient (Wildman–Crippen LogP) is 2.19. The van der Waals surface area contributed by atoms with E-state index in [9.17, 15) is 4.79 Å². The zero-order valence-corrected chi connectivity index (χ0v) is 14.1. The lowest BCUT2D eigenvalue weighted by molar-refractivity contribution is 0.0571. The highest BCUT2D eigenvalue weighted by atomic mass is 16.2. The smallest absolute Gasteiger partial charge is 0.275 e. The van der Waals surface area contributed by atoms with E-state index in [0.717, 1.165) is 18.1 Å². The van der Waals surface area contributed by atoms with E-state index >= 15 is 0 Å². The van der Waals surface area contributed by atoms with Crippen LogP contribution < -0.4 is 0 Å². The number of hydrogen-bond donors (Lipinski definition) is 0. The van der Waals surface area contributed by atoms with Crippen molar-refractivity contribution in [3.05, 3.63) is 35.7 Å². The van der Waals surface area contributed by atoms with Gasteiger partial charge in [-0.2, -0.15) is 10.2 Å². The van der Waals surface area contributed by atoms with Crippen LogP contribution in [-0.4, -0.2) is 42.3 Å². The van der Waals surface area contributed by atoms with Gasteiger partial charge >= 0.3 is 0 Å². The average Bonchev–Trinajstić information content (AvgIpc) is 3.34. The summed E-state index contributed by atoms with van der Waals surface area (Å²) in [5.74, 6) is 2.78. The van der Waals surface area contributed by atoms with Crippen LogP contribution in [0.5, 0.6) is 0 Å². The first-order valence-electron chi connectivity index (χ1n) is 8.67. The molecule has 0 bridgehead atoms. The molecule has 1 aliphatic carbocycles. The summed E-state index contributed by atoms with van der Waals surface area (Å²) in [6.45, 7) is 5.66. The normalized spacial score (nSPS) is 20.3. The van der Waals surface area contributed by atoms with Crippen molar-refractivity contribution in [3.8, 4) is 0 Å². The van der Waals surface area contributed by atoms with Gasteiger partial charge in [0.15, 0.2) is 11.5 Å². The molecule has 1 amide bonds. The Kier molecular flexibility index (Phi) is 3.78. The van der Waals surface area contributed by atoms with Crippen LogP contribution in [0.2, 0.25) is 0 Å². The Balaban J connectivity index is 1.67. The Morgan fingerprint density at radius 1 is 1.33 bits per heavy atom. The second-order valence-electron chi connectivity index (χ2n) is 7.08. The molecule has 7 nitrogen and oxygen atoms in total. The monoisotopic (exact) mass is 326 g/mol. The van der Waals surface area contributed by atoms with Crippen LogP contribution in [0.15, 0.2) is 18.3 Å². The third-order valence-electron chi connectivity index (χ3n) is 4.63. The van der Waals surface area contributed by atoms with Gasteiger partial charge in [0.05, 0.1) is 12.6 Å². The standard InChI is InChI=1S/C17H22N6O/c1-11(2)10-14-16-19-15(12-5-6-12)21-23(16)9-8-22(14)17(24)13-4-3-7-18-20-13/h3-4,7,11-12,14H,5-6,8-10H2,1-2H3/t14-/m0/s1. The van der Waals surface area contributed by atoms with Crippen LogP contribution in [0.1, 0.15) is 67.2 Å². The number of carbonyl (C=O) groups is 1. The summed E-state index contributed by atoms with van der Waals surface area (Å²) in [5, 5.41) is 12.5. The first kappa shape index (κ1) is 15.2. The van der Waals surface area contributed by atoms with Gasteiger partial charge in [0.2, 0.25) is 0 Å². The molecule has 4 rings (SSSR count). The van der Waals surface area contributed by atoms with Gasteiger partial charge < -0.3 is 4.90 Å². The van der Waals surface area contributed by atoms with Gasteiger partial charge in [0.1, 0.15) is 5.82 Å². The third-order valence-corrected chi connectivity index (χ3v) is 4.63. The molecule has 1 atom stereocenters. The molecule has 0 unspecified atom stereocenters. The lowest BCUT2D eigenvalue weighted by Crippen LogP contribution is -2.43. The maximum absolute atomic E-state index is 12.9. The Labute approximate surface area is 141 Å². The summed E-state index contributed by atoms with van der Waals surface area (Å²) in [5.41, 5.74) is 0.390. The number of carbonyl (C=O) groups excluding carboxylic acids is 1. The highest BCUT2D eigenvalue weighted by Crippen LogP contribution is 2.40. The number of aromatic nitrogens is 5. The summed E-state index contributed by atoms with van der Waals surface area (Å²) < 4.78 is 2.00. The topological polar surface area (TPSA) is 76.8 Å². The summed E-state index contributed by atoms with van der Waals surface area (Å²) in [7, 11) is 0. The van der Waals surface area contributed by atoms with Crippen LogP contribution in [-0.2, 0) is 6.54 Å². The zero-order chi connectivity index (χ0) is 16.7. The SMILES string of the molecule is CC(C)C[C@H]1c2nc(C3CC3)nn2CCN1C(=O)c1cccnn1. The number of rotatable bonds is 4. The second kappa shape index (κ2) is 5.96. The van der Waals surface area contributed by atoms with Crippen molar-refractivity contribution >= 4 is 5.91 Å². The van der Waals surface area contributed by atoms with Crippen LogP contribution in [0.25, 0.3) is 0 Å². The van der Waals surface area contributed by atoms with E-state index in [1.165, 1.54) is 12.8 Å². The van der Waals surface area contributed by atoms with Crippen molar-refractivity contribution < 1.29 is 4.79 Å². The quantitative estimate of drug-likeness (QED) is 0.861. The second-order valence-corrected chi connectivity index (χ2v) is 7.08. The fourth-order valence-corrected chi connectivity index (χ4v) is 3.28. The van der Waals surface area contributed by atoms with Crippen LogP contribution >= 0.6 is 0 Å². The van der Waals surface area contributed by atoms with Gasteiger partial charge in [-0.15, -0.1) is 5.10 Å². The van der Waals surface area contributed by atoms with Gasteiger partial charge in [-0.05, 0) is 37.3 Å². The molecule has 0 aromatic carbocycles. The number of nitrogens with zero attached hydrogens (tertiary/aromatic N) is 6. The highest BCUT2D eigenvalue weighted by molar-refractivity contribution is 5.92. The molecule has 3 heterocycles. The minimum Gasteiger partial charge on any atom is -0.325 e. The van der Waals surface area contributed by atoms with Crippen molar-refractivity contribution in [2.24, 2.45) is 5.92 Å². The molecule has 0 saturated heterocycles. The molecule has 2 aromatic heterocycles. The van der Waals surface area contributed by atoms with Crippen molar-refractivity contribution in [2.45, 2.75) is 51.6 Å². The number of hydrogen-bond acceptors (Lipinski definition) is 5. The maximum Gasteiger partial charge on any atom is 0.275 e. The van der Waals surface area contributed by atoms with Gasteiger partial charge in [0, 0.05) is 18.7 Å². The number of fused-ring (bicyclic) bond motifs is 1. The van der Waals surface area contributed by atoms with Crippen LogP contribution in [0, 0.1) is 5.92 Å². The summed E-state index contributed by atoms with van der Waals surface area (Å²) in [6.07, 6.45) is 4.81. The molecule has 2 aliphatic rings. The van der Waals surface area contributed by atoms with Gasteiger partial charge in [-0.3, -0.25) is 4.79 Å². The van der Waals surface area contributed by atoms with E-state index in [2.05, 4.69) is 29.1 Å². The van der Waals surface area contributed by atoms with Crippen molar-refractivity contribution in [3.63, 3.8) is 0 Å². The molecular formula is C17H22N6O. The maximum atomic E-state index is 12.9. The summed E-state index contributed by atoms with van der Waals surface area (Å²) >= 11 is 0. The lowest BCUT2D eigenvalue weighted by Gasteiger charge is -2.35. The lowest BCUT2D eigenvalue weighted by atomic mass is 10.00. The molecule has 7 heteroatoms. The first-order valence-corrected chi connectivity index (χ1v) is 8.67. The van der Waals surface area contributed by atoms with E-state index < -0.39 is 0 Å². The van der Waals surface area contributed by atoms with E-state index in [1.807, 2.05) is 9.58 Å². The first-order chi connectivity index (χ1) is 11.6. The zero-order valence-electron chi connectivity index (χ0n) is 14.1. The third kappa shape index (κ3) is 2.79. The van der Waals surface area contributed by atoms with E-state index in [4.69, 9.17) is 4.98 Å². The summed E-state index contributed by atoms with van der Waals surface area (Å²) in [6, 6.07) is 3.42. The van der Waals surface area contributed by atoms with Crippen molar-refractivity contribution in [2.75, 3.05) is 6.54 Å². The molecule has 0 radical (unpaired) electrons. The van der Waals surface area contributed by atoms with E-state index in [-0.39, 0.29) is 11.9 Å². The summed E-state index contributed by atoms with van der Waals surface area (Å²) in [4.78, 5) is 19.6. The highest BCUT2D eigenvalue weighted by Gasteiger charge is 2.37. The molecule has 1 fully saturated rings. The Morgan fingerprint density at radius 3 is 2.83 bits per heavy atom. The van der Waals surface area contributed by atoms with Crippen molar-refractivity contribution in [1.29, 1.82) is 0 Å². The molecule has 1 aliphatic heterocycles. The molecule has 126 valence electrons. The van der Waals surface area contributed by atoms with Gasteiger partial charge in [-0.1, -0.05) is 13.8 Å². The molecule has 2 aromatic rings. The predicted molar refractivity (Wildman–Crippen MR) is 87.3 cm³/mol. The average molecular weight is 326 g/mol. The molecular weight excluding hydrogens is 304 g/mol. The minimum absolute atomic E-state index is 0.0479. The Hall–Kier alpha value is -2.31. The Morgan fingerprint density at radius 2 is 2.17 bits per heavy atom. The van der Waals surface area contributed by atoms with E-state index in [1.54, 1.807) is 18.3 Å². The van der Waals surface area contributed by atoms with Crippen molar-refractivity contribution in [1.82, 2.24) is 29.9 Å².